The molecule has 0 radical (unpaired) electrons. The maximum atomic E-state index is 14.4. The molecule has 290 valence electrons. The van der Waals surface area contributed by atoms with Crippen LogP contribution in [0.1, 0.15) is 70.9 Å². The Morgan fingerprint density at radius 3 is 2.28 bits per heavy atom. The number of rotatable bonds is 8. The van der Waals surface area contributed by atoms with Crippen molar-refractivity contribution in [1.29, 1.82) is 0 Å². The number of anilines is 1. The molecule has 3 aliphatic heterocycles. The second-order valence-corrected chi connectivity index (χ2v) is 16.8. The van der Waals surface area contributed by atoms with Gasteiger partial charge < -0.3 is 24.2 Å². The average Bonchev–Trinajstić information content (AvgIpc) is 3.39. The average molecular weight is 743 g/mol. The van der Waals surface area contributed by atoms with Crippen LogP contribution in [0.2, 0.25) is 0 Å². The molecule has 3 amide bonds. The van der Waals surface area contributed by atoms with Crippen LogP contribution in [-0.2, 0) is 32.7 Å². The molecule has 3 aliphatic rings. The number of hydrogen-bond acceptors (Lipinski definition) is 8. The monoisotopic (exact) mass is 742 g/mol. The van der Waals surface area contributed by atoms with Gasteiger partial charge in [-0.2, -0.15) is 0 Å². The van der Waals surface area contributed by atoms with Crippen molar-refractivity contribution in [3.63, 3.8) is 0 Å². The van der Waals surface area contributed by atoms with Crippen molar-refractivity contribution in [1.82, 2.24) is 24.6 Å². The molecule has 6 rings (SSSR count). The first-order chi connectivity index (χ1) is 25.6. The highest BCUT2D eigenvalue weighted by atomic mass is 19.1. The number of pyridine rings is 1. The third kappa shape index (κ3) is 9.38. The van der Waals surface area contributed by atoms with Gasteiger partial charge in [0.25, 0.3) is 0 Å². The molecule has 12 heteroatoms. The summed E-state index contributed by atoms with van der Waals surface area (Å²) in [6.07, 6.45) is 1.74. The molecule has 2 fully saturated rings. The molecule has 2 saturated heterocycles. The zero-order valence-corrected chi connectivity index (χ0v) is 32.8. The number of fused-ring (bicyclic) bond motifs is 1. The first-order valence-corrected chi connectivity index (χ1v) is 19.0. The molecule has 2 aromatic carbocycles. The van der Waals surface area contributed by atoms with Crippen LogP contribution in [0, 0.1) is 5.82 Å². The van der Waals surface area contributed by atoms with Crippen molar-refractivity contribution in [3.05, 3.63) is 95.1 Å². The van der Waals surface area contributed by atoms with E-state index in [1.165, 1.54) is 12.1 Å². The van der Waals surface area contributed by atoms with E-state index >= 15 is 0 Å². The minimum atomic E-state index is -0.640. The summed E-state index contributed by atoms with van der Waals surface area (Å²) in [6, 6.07) is 17.8. The number of nitrogens with zero attached hydrogens (tertiary/aromatic N) is 6. The predicted molar refractivity (Wildman–Crippen MR) is 206 cm³/mol. The molecule has 3 atom stereocenters. The zero-order chi connectivity index (χ0) is 38.8. The molecule has 0 N–H and O–H groups in total. The van der Waals surface area contributed by atoms with Crippen molar-refractivity contribution in [2.45, 2.75) is 90.6 Å². The van der Waals surface area contributed by atoms with Gasteiger partial charge in [-0.05, 0) is 75.9 Å². The Bertz CT molecular complexity index is 1800. The SMILES string of the molecule is CC1CN(C(=O)OCc2ccccc2)CCN1C[C@H]1CN(C(=O)OC(C)(C)C)[C@H](C)CN1CC(=O)N1CC(C)(C)c2ncc(Cc3ccc(F)cc3)cc21. The van der Waals surface area contributed by atoms with Gasteiger partial charge >= 0.3 is 12.2 Å². The molecule has 0 aliphatic carbocycles. The Morgan fingerprint density at radius 2 is 1.59 bits per heavy atom. The van der Waals surface area contributed by atoms with Crippen LogP contribution in [-0.4, -0.2) is 119 Å². The van der Waals surface area contributed by atoms with Crippen LogP contribution < -0.4 is 4.90 Å². The normalized spacial score (nSPS) is 21.9. The van der Waals surface area contributed by atoms with Gasteiger partial charge in [-0.25, -0.2) is 14.0 Å². The van der Waals surface area contributed by atoms with Crippen LogP contribution in [0.15, 0.2) is 66.9 Å². The molecule has 1 unspecified atom stereocenters. The molecule has 4 heterocycles. The fraction of sp³-hybridized carbons (Fsp3) is 0.524. The lowest BCUT2D eigenvalue weighted by molar-refractivity contribution is -0.121. The van der Waals surface area contributed by atoms with Gasteiger partial charge in [-0.1, -0.05) is 56.3 Å². The lowest BCUT2D eigenvalue weighted by Gasteiger charge is -2.48. The predicted octanol–water partition coefficient (Wildman–Crippen LogP) is 6.09. The van der Waals surface area contributed by atoms with Crippen LogP contribution in [0.3, 0.4) is 0 Å². The number of hydrogen-bond donors (Lipinski definition) is 0. The number of aromatic nitrogens is 1. The second kappa shape index (κ2) is 16.0. The molecular formula is C42H55FN6O5. The summed E-state index contributed by atoms with van der Waals surface area (Å²) in [5.41, 5.74) is 3.57. The Kier molecular flexibility index (Phi) is 11.6. The first kappa shape index (κ1) is 39.2. The lowest BCUT2D eigenvalue weighted by atomic mass is 9.91. The summed E-state index contributed by atoms with van der Waals surface area (Å²) < 4.78 is 25.0. The van der Waals surface area contributed by atoms with Crippen molar-refractivity contribution in [2.75, 3.05) is 57.3 Å². The van der Waals surface area contributed by atoms with Crippen molar-refractivity contribution < 1.29 is 28.2 Å². The van der Waals surface area contributed by atoms with Crippen molar-refractivity contribution in [2.24, 2.45) is 0 Å². The van der Waals surface area contributed by atoms with Crippen LogP contribution in [0.4, 0.5) is 19.7 Å². The largest absolute Gasteiger partial charge is 0.445 e. The molecule has 0 saturated carbocycles. The van der Waals surface area contributed by atoms with Gasteiger partial charge in [0, 0.05) is 75.6 Å². The number of amides is 3. The maximum absolute atomic E-state index is 14.4. The third-order valence-electron chi connectivity index (χ3n) is 10.6. The van der Waals surface area contributed by atoms with E-state index in [-0.39, 0.29) is 60.6 Å². The third-order valence-corrected chi connectivity index (χ3v) is 10.6. The van der Waals surface area contributed by atoms with E-state index in [4.69, 9.17) is 14.5 Å². The summed E-state index contributed by atoms with van der Waals surface area (Å²) in [7, 11) is 0. The molecule has 1 aromatic heterocycles. The maximum Gasteiger partial charge on any atom is 0.410 e. The topological polar surface area (TPSA) is 98.8 Å². The van der Waals surface area contributed by atoms with Crippen LogP contribution in [0.5, 0.6) is 0 Å². The Morgan fingerprint density at radius 1 is 0.870 bits per heavy atom. The number of carbonyl (C=O) groups is 3. The number of ether oxygens (including phenoxy) is 2. The summed E-state index contributed by atoms with van der Waals surface area (Å²) in [6.45, 7) is 18.0. The number of piperazine rings is 2. The van der Waals surface area contributed by atoms with E-state index in [9.17, 15) is 18.8 Å². The highest BCUT2D eigenvalue weighted by molar-refractivity contribution is 5.97. The van der Waals surface area contributed by atoms with Gasteiger partial charge in [0.1, 0.15) is 18.0 Å². The van der Waals surface area contributed by atoms with Gasteiger partial charge in [0.2, 0.25) is 5.91 Å². The molecule has 3 aromatic rings. The van der Waals surface area contributed by atoms with E-state index in [1.807, 2.05) is 75.2 Å². The Hall–Kier alpha value is -4.55. The minimum absolute atomic E-state index is 0.0236. The summed E-state index contributed by atoms with van der Waals surface area (Å²) in [5.74, 6) is -0.302. The molecule has 11 nitrogen and oxygen atoms in total. The van der Waals surface area contributed by atoms with Crippen LogP contribution in [0.25, 0.3) is 0 Å². The van der Waals surface area contributed by atoms with Gasteiger partial charge in [-0.15, -0.1) is 0 Å². The summed E-state index contributed by atoms with van der Waals surface area (Å²) in [4.78, 5) is 55.6. The number of halogens is 1. The quantitative estimate of drug-likeness (QED) is 0.274. The highest BCUT2D eigenvalue weighted by Crippen LogP contribution is 2.40. The fourth-order valence-corrected chi connectivity index (χ4v) is 7.76. The van der Waals surface area contributed by atoms with E-state index in [2.05, 4.69) is 30.6 Å². The highest BCUT2D eigenvalue weighted by Gasteiger charge is 2.43. The van der Waals surface area contributed by atoms with Crippen LogP contribution >= 0.6 is 0 Å². The molecule has 0 spiro atoms. The van der Waals surface area contributed by atoms with Gasteiger partial charge in [0.15, 0.2) is 0 Å². The van der Waals surface area contributed by atoms with E-state index < -0.39 is 5.60 Å². The lowest BCUT2D eigenvalue weighted by Crippen LogP contribution is -2.65. The Balaban J connectivity index is 1.16. The first-order valence-electron chi connectivity index (χ1n) is 19.0. The fourth-order valence-electron chi connectivity index (χ4n) is 7.76. The Labute approximate surface area is 319 Å². The van der Waals surface area contributed by atoms with E-state index in [0.717, 1.165) is 28.1 Å². The number of benzene rings is 2. The summed E-state index contributed by atoms with van der Waals surface area (Å²) >= 11 is 0. The molecule has 54 heavy (non-hydrogen) atoms. The van der Waals surface area contributed by atoms with E-state index in [0.29, 0.717) is 52.2 Å². The molecular weight excluding hydrogens is 687 g/mol. The standard InChI is InChI=1S/C42H55FN6O5/c1-29-22-46(39(51)53-27-32-11-9-8-10-12-32)18-17-45(29)24-35-25-48(40(52)54-41(3,4)5)30(2)23-47(35)26-37(50)49-28-42(6,7)38-36(49)20-33(21-44-38)19-31-13-15-34(43)16-14-31/h8-16,20-21,29-30,35H,17-19,22-28H2,1-7H3/t29?,30-,35+/m1/s1. The zero-order valence-electron chi connectivity index (χ0n) is 32.8. The van der Waals surface area contributed by atoms with E-state index in [1.54, 1.807) is 21.9 Å². The van der Waals surface area contributed by atoms with Gasteiger partial charge in [-0.3, -0.25) is 19.6 Å². The molecule has 0 bridgehead atoms. The second-order valence-electron chi connectivity index (χ2n) is 16.8. The number of carbonyl (C=O) groups excluding carboxylic acids is 3. The van der Waals surface area contributed by atoms with Crippen molar-refractivity contribution in [3.8, 4) is 0 Å². The minimum Gasteiger partial charge on any atom is -0.445 e. The van der Waals surface area contributed by atoms with Crippen molar-refractivity contribution >= 4 is 23.8 Å². The summed E-state index contributed by atoms with van der Waals surface area (Å²) in [5, 5.41) is 0. The smallest absolute Gasteiger partial charge is 0.410 e. The van der Waals surface area contributed by atoms with Gasteiger partial charge in [0.05, 0.1) is 17.9 Å².